The predicted molar refractivity (Wildman–Crippen MR) is 127 cm³/mol. The van der Waals surface area contributed by atoms with Crippen molar-refractivity contribution in [3.05, 3.63) is 52.8 Å². The van der Waals surface area contributed by atoms with Gasteiger partial charge in [-0.3, -0.25) is 9.67 Å². The number of carbonyl (C=O) groups is 1. The van der Waals surface area contributed by atoms with Crippen molar-refractivity contribution in [2.45, 2.75) is 65.8 Å². The molecule has 1 amide bonds. The molecule has 2 heterocycles. The molecule has 0 saturated carbocycles. The van der Waals surface area contributed by atoms with E-state index in [9.17, 15) is 4.79 Å². The first-order valence-corrected chi connectivity index (χ1v) is 11.2. The van der Waals surface area contributed by atoms with E-state index < -0.39 is 5.60 Å². The topological polar surface area (TPSA) is 83.8 Å². The van der Waals surface area contributed by atoms with Crippen LogP contribution in [0.15, 0.2) is 35.3 Å². The van der Waals surface area contributed by atoms with E-state index in [0.29, 0.717) is 13.1 Å². The molecule has 0 spiro atoms. The van der Waals surface area contributed by atoms with Crippen molar-refractivity contribution in [2.24, 2.45) is 4.99 Å². The van der Waals surface area contributed by atoms with Crippen LogP contribution in [0.5, 0.6) is 0 Å². The third kappa shape index (κ3) is 6.24. The molecular weight excluding hydrogens is 404 g/mol. The summed E-state index contributed by atoms with van der Waals surface area (Å²) in [6.45, 7) is 12.7. The number of amides is 1. The predicted octanol–water partition coefficient (Wildman–Crippen LogP) is 3.22. The van der Waals surface area contributed by atoms with Gasteiger partial charge < -0.3 is 20.3 Å². The second kappa shape index (κ2) is 10.1. The highest BCUT2D eigenvalue weighted by Crippen LogP contribution is 2.16. The summed E-state index contributed by atoms with van der Waals surface area (Å²) in [6, 6.07) is 10.4. The van der Waals surface area contributed by atoms with Gasteiger partial charge in [0.1, 0.15) is 5.60 Å². The molecule has 1 aliphatic rings. The molecule has 174 valence electrons. The molecule has 32 heavy (non-hydrogen) atoms. The Balaban J connectivity index is 1.56. The average Bonchev–Trinajstić information content (AvgIpc) is 3.27. The average molecular weight is 441 g/mol. The zero-order valence-corrected chi connectivity index (χ0v) is 20.1. The molecule has 3 rings (SSSR count). The Hall–Kier alpha value is -3.03. The molecule has 1 atom stereocenters. The third-order valence-electron chi connectivity index (χ3n) is 5.55. The van der Waals surface area contributed by atoms with Crippen molar-refractivity contribution in [3.8, 4) is 0 Å². The molecule has 0 radical (unpaired) electrons. The van der Waals surface area contributed by atoms with Gasteiger partial charge in [0.25, 0.3) is 0 Å². The number of guanidine groups is 1. The summed E-state index contributed by atoms with van der Waals surface area (Å²) in [6.07, 6.45) is 0.483. The fourth-order valence-corrected chi connectivity index (χ4v) is 3.94. The standard InChI is InChI=1S/C24H36N6O2/c1-17-21(18(2)30(28-17)15-19-10-8-7-9-11-19)14-26-22(25-6)29-13-12-20(16-29)27-23(31)32-24(3,4)5/h7-11,20H,12-16H2,1-6H3,(H,25,26)(H,27,31). The van der Waals surface area contributed by atoms with Crippen molar-refractivity contribution >= 4 is 12.1 Å². The highest BCUT2D eigenvalue weighted by atomic mass is 16.6. The van der Waals surface area contributed by atoms with Crippen molar-refractivity contribution in [1.82, 2.24) is 25.3 Å². The monoisotopic (exact) mass is 440 g/mol. The number of hydrogen-bond acceptors (Lipinski definition) is 4. The number of nitrogens with one attached hydrogen (secondary N) is 2. The van der Waals surface area contributed by atoms with Crippen LogP contribution >= 0.6 is 0 Å². The Morgan fingerprint density at radius 1 is 1.25 bits per heavy atom. The Labute approximate surface area is 191 Å². The quantitative estimate of drug-likeness (QED) is 0.551. The van der Waals surface area contributed by atoms with E-state index in [1.807, 2.05) is 33.8 Å². The number of carbonyl (C=O) groups excluding carboxylic acids is 1. The summed E-state index contributed by atoms with van der Waals surface area (Å²) in [4.78, 5) is 18.7. The van der Waals surface area contributed by atoms with Gasteiger partial charge in [0.2, 0.25) is 0 Å². The van der Waals surface area contributed by atoms with Gasteiger partial charge in [-0.25, -0.2) is 4.79 Å². The zero-order chi connectivity index (χ0) is 23.3. The molecule has 2 N–H and O–H groups in total. The lowest BCUT2D eigenvalue weighted by atomic mass is 10.2. The lowest BCUT2D eigenvalue weighted by Crippen LogP contribution is -2.44. The van der Waals surface area contributed by atoms with Crippen molar-refractivity contribution in [1.29, 1.82) is 0 Å². The van der Waals surface area contributed by atoms with E-state index in [2.05, 4.69) is 56.4 Å². The van der Waals surface area contributed by atoms with Gasteiger partial charge in [0.15, 0.2) is 5.96 Å². The van der Waals surface area contributed by atoms with Crippen molar-refractivity contribution < 1.29 is 9.53 Å². The van der Waals surface area contributed by atoms with Crippen LogP contribution in [0, 0.1) is 13.8 Å². The number of benzene rings is 1. The lowest BCUT2D eigenvalue weighted by molar-refractivity contribution is 0.0507. The van der Waals surface area contributed by atoms with E-state index in [1.165, 1.54) is 11.1 Å². The maximum Gasteiger partial charge on any atom is 0.407 e. The highest BCUT2D eigenvalue weighted by Gasteiger charge is 2.28. The van der Waals surface area contributed by atoms with Crippen LogP contribution in [0.2, 0.25) is 0 Å². The largest absolute Gasteiger partial charge is 0.444 e. The molecule has 1 fully saturated rings. The van der Waals surface area contributed by atoms with Gasteiger partial charge in [-0.1, -0.05) is 30.3 Å². The zero-order valence-electron chi connectivity index (χ0n) is 20.1. The van der Waals surface area contributed by atoms with Gasteiger partial charge >= 0.3 is 6.09 Å². The number of ether oxygens (including phenoxy) is 1. The van der Waals surface area contributed by atoms with Crippen molar-refractivity contribution in [3.63, 3.8) is 0 Å². The minimum Gasteiger partial charge on any atom is -0.444 e. The van der Waals surface area contributed by atoms with E-state index in [1.54, 1.807) is 7.05 Å². The molecule has 1 saturated heterocycles. The fourth-order valence-electron chi connectivity index (χ4n) is 3.94. The Morgan fingerprint density at radius 2 is 1.97 bits per heavy atom. The van der Waals surface area contributed by atoms with Gasteiger partial charge in [0, 0.05) is 37.9 Å². The van der Waals surface area contributed by atoms with Crippen LogP contribution < -0.4 is 10.6 Å². The molecule has 2 aromatic rings. The maximum atomic E-state index is 12.1. The van der Waals surface area contributed by atoms with Crippen LogP contribution in [0.1, 0.15) is 49.7 Å². The summed E-state index contributed by atoms with van der Waals surface area (Å²) >= 11 is 0. The maximum absolute atomic E-state index is 12.1. The summed E-state index contributed by atoms with van der Waals surface area (Å²) < 4.78 is 7.43. The number of aliphatic imine (C=N–C) groups is 1. The first kappa shape index (κ1) is 23.6. The third-order valence-corrected chi connectivity index (χ3v) is 5.55. The normalized spacial score (nSPS) is 16.9. The second-order valence-electron chi connectivity index (χ2n) is 9.27. The van der Waals surface area contributed by atoms with E-state index in [4.69, 9.17) is 9.84 Å². The lowest BCUT2D eigenvalue weighted by Gasteiger charge is -2.23. The molecule has 1 aromatic heterocycles. The van der Waals surface area contributed by atoms with Crippen LogP contribution in [0.4, 0.5) is 4.79 Å². The Kier molecular flexibility index (Phi) is 7.43. The van der Waals surface area contributed by atoms with E-state index in [0.717, 1.165) is 36.9 Å². The van der Waals surface area contributed by atoms with Crippen LogP contribution in [-0.2, 0) is 17.8 Å². The fraction of sp³-hybridized carbons (Fsp3) is 0.542. The SMILES string of the molecule is CN=C(NCc1c(C)nn(Cc2ccccc2)c1C)N1CCC(NC(=O)OC(C)(C)C)C1. The highest BCUT2D eigenvalue weighted by molar-refractivity contribution is 5.80. The summed E-state index contributed by atoms with van der Waals surface area (Å²) in [5.74, 6) is 0.827. The Morgan fingerprint density at radius 3 is 2.62 bits per heavy atom. The molecule has 1 unspecified atom stereocenters. The molecule has 0 aliphatic carbocycles. The molecule has 8 heteroatoms. The number of alkyl carbamates (subject to hydrolysis) is 1. The summed E-state index contributed by atoms with van der Waals surface area (Å²) in [7, 11) is 1.79. The molecule has 0 bridgehead atoms. The minimum absolute atomic E-state index is 0.0421. The molecule has 8 nitrogen and oxygen atoms in total. The van der Waals surface area contributed by atoms with Crippen LogP contribution in [-0.4, -0.2) is 58.5 Å². The molecule has 1 aliphatic heterocycles. The number of aromatic nitrogens is 2. The number of hydrogen-bond donors (Lipinski definition) is 2. The smallest absolute Gasteiger partial charge is 0.407 e. The molecule has 1 aromatic carbocycles. The first-order chi connectivity index (χ1) is 15.2. The van der Waals surface area contributed by atoms with Crippen LogP contribution in [0.25, 0.3) is 0 Å². The number of rotatable bonds is 5. The number of nitrogens with zero attached hydrogens (tertiary/aromatic N) is 4. The molecular formula is C24H36N6O2. The van der Waals surface area contributed by atoms with Gasteiger partial charge in [-0.05, 0) is 46.6 Å². The van der Waals surface area contributed by atoms with E-state index >= 15 is 0 Å². The van der Waals surface area contributed by atoms with Gasteiger partial charge in [-0.15, -0.1) is 0 Å². The van der Waals surface area contributed by atoms with Crippen molar-refractivity contribution in [2.75, 3.05) is 20.1 Å². The van der Waals surface area contributed by atoms with E-state index in [-0.39, 0.29) is 12.1 Å². The summed E-state index contributed by atoms with van der Waals surface area (Å²) in [5, 5.41) is 11.2. The second-order valence-corrected chi connectivity index (χ2v) is 9.27. The van der Waals surface area contributed by atoms with Gasteiger partial charge in [0.05, 0.1) is 18.3 Å². The number of likely N-dealkylation sites (tertiary alicyclic amines) is 1. The summed E-state index contributed by atoms with van der Waals surface area (Å²) in [5.41, 5.74) is 4.09. The number of aryl methyl sites for hydroxylation is 1. The Bertz CT molecular complexity index is 945. The minimum atomic E-state index is -0.499. The first-order valence-electron chi connectivity index (χ1n) is 11.2. The van der Waals surface area contributed by atoms with Crippen LogP contribution in [0.3, 0.4) is 0 Å². The van der Waals surface area contributed by atoms with Gasteiger partial charge in [-0.2, -0.15) is 5.10 Å².